The van der Waals surface area contributed by atoms with E-state index in [0.717, 1.165) is 0 Å². The lowest BCUT2D eigenvalue weighted by Crippen LogP contribution is -2.30. The van der Waals surface area contributed by atoms with E-state index in [4.69, 9.17) is 27.9 Å². The monoisotopic (exact) mass is 586 g/mol. The molecule has 2 aromatic carbocycles. The average molecular weight is 587 g/mol. The number of hydrogen-bond donors (Lipinski definition) is 1. The highest BCUT2D eigenvalue weighted by Crippen LogP contribution is 2.39. The van der Waals surface area contributed by atoms with Gasteiger partial charge in [-0.25, -0.2) is 22.3 Å². The number of nitrogens with one attached hydrogen (secondary N) is 1. The molecule has 0 saturated heterocycles. The number of benzene rings is 2. The summed E-state index contributed by atoms with van der Waals surface area (Å²) < 4.78 is 46.5. The van der Waals surface area contributed by atoms with Crippen molar-refractivity contribution in [1.82, 2.24) is 20.1 Å². The number of amides is 1. The molecule has 0 aliphatic carbocycles. The second kappa shape index (κ2) is 10.8. The largest absolute Gasteiger partial charge is 0.414 e. The number of sulfone groups is 1. The van der Waals surface area contributed by atoms with Crippen LogP contribution in [0.15, 0.2) is 66.9 Å². The summed E-state index contributed by atoms with van der Waals surface area (Å²) in [4.78, 5) is 17.1. The summed E-state index contributed by atoms with van der Waals surface area (Å²) in [6, 6.07) is 15.2. The molecule has 0 bridgehead atoms. The van der Waals surface area contributed by atoms with Crippen molar-refractivity contribution >= 4 is 50.8 Å². The Morgan fingerprint density at radius 3 is 2.59 bits per heavy atom. The first-order valence-electron chi connectivity index (χ1n) is 11.7. The first-order chi connectivity index (χ1) is 18.6. The fraction of sp³-hybridized carbons (Fsp3) is 0.148. The Morgan fingerprint density at radius 2 is 1.90 bits per heavy atom. The van der Waals surface area contributed by atoms with Crippen LogP contribution < -0.4 is 10.1 Å². The van der Waals surface area contributed by atoms with Gasteiger partial charge < -0.3 is 10.1 Å². The first kappa shape index (κ1) is 26.9. The van der Waals surface area contributed by atoms with Crippen LogP contribution in [0.4, 0.5) is 9.18 Å². The number of aromatic nitrogens is 3. The Morgan fingerprint density at radius 1 is 1.13 bits per heavy atom. The van der Waals surface area contributed by atoms with Crippen LogP contribution in [0, 0.1) is 5.82 Å². The molecule has 1 atom stereocenters. The van der Waals surface area contributed by atoms with Crippen LogP contribution in [0.5, 0.6) is 5.88 Å². The molecule has 0 unspecified atom stereocenters. The molecule has 5 rings (SSSR count). The van der Waals surface area contributed by atoms with E-state index in [1.54, 1.807) is 49.5 Å². The molecule has 2 aromatic heterocycles. The van der Waals surface area contributed by atoms with E-state index in [0.29, 0.717) is 33.2 Å². The van der Waals surface area contributed by atoms with Gasteiger partial charge in [0.25, 0.3) is 0 Å². The fourth-order valence-electron chi connectivity index (χ4n) is 4.25. The predicted octanol–water partition coefficient (Wildman–Crippen LogP) is 6.03. The average Bonchev–Trinajstić information content (AvgIpc) is 3.22. The van der Waals surface area contributed by atoms with Crippen molar-refractivity contribution in [2.45, 2.75) is 18.7 Å². The van der Waals surface area contributed by atoms with Crippen molar-refractivity contribution < 1.29 is 22.3 Å². The topological polar surface area (TPSA) is 103 Å². The number of ether oxygens (including phenoxy) is 1. The van der Waals surface area contributed by atoms with Crippen LogP contribution in [0.25, 0.3) is 17.3 Å². The van der Waals surface area contributed by atoms with E-state index in [9.17, 15) is 17.6 Å². The third-order valence-electron chi connectivity index (χ3n) is 5.99. The Balaban J connectivity index is 1.60. The summed E-state index contributed by atoms with van der Waals surface area (Å²) in [6.07, 6.45) is 2.39. The summed E-state index contributed by atoms with van der Waals surface area (Å²) in [5, 5.41) is 7.80. The van der Waals surface area contributed by atoms with Crippen molar-refractivity contribution in [3.8, 4) is 11.6 Å². The molecule has 39 heavy (non-hydrogen) atoms. The Bertz CT molecular complexity index is 1690. The standard InChI is InChI=1S/C27H21Cl2FN4O4S/c1-16(23-4-2-3-11-31-23)32-27(35)38-26-21-15-39(36,37)14-18(12-17-5-8-20(30)9-6-17)25(21)34(33-26)24-10-7-19(28)13-22(24)29/h2-13,16H,14-15H2,1H3,(H,32,35)/b18-12+/t16-/m1/s1. The van der Waals surface area contributed by atoms with Crippen LogP contribution in [0.2, 0.25) is 10.0 Å². The molecule has 0 radical (unpaired) electrons. The van der Waals surface area contributed by atoms with Gasteiger partial charge >= 0.3 is 6.09 Å². The summed E-state index contributed by atoms with van der Waals surface area (Å²) in [5.41, 5.74) is 2.56. The zero-order valence-electron chi connectivity index (χ0n) is 20.4. The summed E-state index contributed by atoms with van der Waals surface area (Å²) in [6.45, 7) is 1.74. The minimum atomic E-state index is -3.66. The maximum atomic E-state index is 13.5. The number of pyridine rings is 1. The third-order valence-corrected chi connectivity index (χ3v) is 8.01. The predicted molar refractivity (Wildman–Crippen MR) is 147 cm³/mol. The molecule has 0 fully saturated rings. The summed E-state index contributed by atoms with van der Waals surface area (Å²) in [7, 11) is -3.66. The molecule has 12 heteroatoms. The van der Waals surface area contributed by atoms with Gasteiger partial charge in [0.1, 0.15) is 5.82 Å². The van der Waals surface area contributed by atoms with Gasteiger partial charge in [-0.2, -0.15) is 0 Å². The van der Waals surface area contributed by atoms with Gasteiger partial charge in [0.15, 0.2) is 9.84 Å². The van der Waals surface area contributed by atoms with Crippen molar-refractivity contribution in [3.63, 3.8) is 0 Å². The van der Waals surface area contributed by atoms with E-state index in [-0.39, 0.29) is 22.2 Å². The molecule has 200 valence electrons. The lowest BCUT2D eigenvalue weighted by atomic mass is 10.1. The Hall–Kier alpha value is -3.73. The minimum absolute atomic E-state index is 0.185. The second-order valence-corrected chi connectivity index (χ2v) is 11.8. The van der Waals surface area contributed by atoms with E-state index in [1.165, 1.54) is 35.0 Å². The van der Waals surface area contributed by atoms with Crippen LogP contribution in [0.3, 0.4) is 0 Å². The minimum Gasteiger partial charge on any atom is -0.389 e. The number of fused-ring (bicyclic) bond motifs is 1. The van der Waals surface area contributed by atoms with Gasteiger partial charge in [0.05, 0.1) is 45.2 Å². The van der Waals surface area contributed by atoms with Gasteiger partial charge in [-0.1, -0.05) is 41.4 Å². The molecule has 1 amide bonds. The number of nitrogens with zero attached hydrogens (tertiary/aromatic N) is 3. The molecule has 1 N–H and O–H groups in total. The lowest BCUT2D eigenvalue weighted by Gasteiger charge is -2.19. The van der Waals surface area contributed by atoms with Gasteiger partial charge in [-0.3, -0.25) is 4.98 Å². The summed E-state index contributed by atoms with van der Waals surface area (Å²) in [5.74, 6) is -1.33. The second-order valence-electron chi connectivity index (χ2n) is 8.90. The van der Waals surface area contributed by atoms with Gasteiger partial charge in [0.2, 0.25) is 5.88 Å². The molecule has 0 spiro atoms. The number of carbonyl (C=O) groups is 1. The molecule has 0 saturated carbocycles. The van der Waals surface area contributed by atoms with Gasteiger partial charge in [-0.15, -0.1) is 5.10 Å². The molecule has 4 aromatic rings. The lowest BCUT2D eigenvalue weighted by molar-refractivity contribution is 0.194. The molecular weight excluding hydrogens is 566 g/mol. The number of halogens is 3. The zero-order chi connectivity index (χ0) is 27.7. The maximum absolute atomic E-state index is 13.5. The smallest absolute Gasteiger partial charge is 0.389 e. The highest BCUT2D eigenvalue weighted by atomic mass is 35.5. The summed E-state index contributed by atoms with van der Waals surface area (Å²) >= 11 is 12.6. The van der Waals surface area contributed by atoms with Gasteiger partial charge in [-0.05, 0) is 66.6 Å². The number of rotatable bonds is 5. The van der Waals surface area contributed by atoms with Crippen LogP contribution in [0.1, 0.15) is 35.5 Å². The quantitative estimate of drug-likeness (QED) is 0.306. The SMILES string of the molecule is C[C@@H](NC(=O)Oc1nn(-c2ccc(Cl)cc2Cl)c2c1CS(=O)(=O)C/C2=C\c1ccc(F)cc1)c1ccccn1. The van der Waals surface area contributed by atoms with Crippen molar-refractivity contribution in [3.05, 3.63) is 105 Å². The van der Waals surface area contributed by atoms with E-state index in [2.05, 4.69) is 15.4 Å². The van der Waals surface area contributed by atoms with Gasteiger partial charge in [0, 0.05) is 11.2 Å². The first-order valence-corrected chi connectivity index (χ1v) is 14.3. The van der Waals surface area contributed by atoms with E-state index >= 15 is 0 Å². The Kier molecular flexibility index (Phi) is 7.44. The molecule has 1 aliphatic rings. The van der Waals surface area contributed by atoms with Crippen molar-refractivity contribution in [1.29, 1.82) is 0 Å². The third kappa shape index (κ3) is 5.98. The normalized spacial score (nSPS) is 15.9. The maximum Gasteiger partial charge on any atom is 0.414 e. The van der Waals surface area contributed by atoms with Crippen LogP contribution in [-0.4, -0.2) is 35.0 Å². The highest BCUT2D eigenvalue weighted by molar-refractivity contribution is 7.91. The van der Waals surface area contributed by atoms with Crippen molar-refractivity contribution in [2.24, 2.45) is 0 Å². The van der Waals surface area contributed by atoms with E-state index in [1.807, 2.05) is 0 Å². The molecular formula is C27H21Cl2FN4O4S. The zero-order valence-corrected chi connectivity index (χ0v) is 22.8. The van der Waals surface area contributed by atoms with Crippen molar-refractivity contribution in [2.75, 3.05) is 5.75 Å². The Labute approximate surface area is 234 Å². The fourth-order valence-corrected chi connectivity index (χ4v) is 6.23. The molecule has 1 aliphatic heterocycles. The molecule has 3 heterocycles. The van der Waals surface area contributed by atoms with E-state index < -0.39 is 33.5 Å². The number of hydrogen-bond acceptors (Lipinski definition) is 6. The number of carbonyl (C=O) groups excluding carboxylic acids is 1. The molecule has 8 nitrogen and oxygen atoms in total. The van der Waals surface area contributed by atoms with Crippen LogP contribution in [-0.2, 0) is 15.6 Å². The van der Waals surface area contributed by atoms with Crippen LogP contribution >= 0.6 is 23.2 Å². The highest BCUT2D eigenvalue weighted by Gasteiger charge is 2.35.